The standard InChI is InChI=1S/C11H12ClF3N2/c1-6(2)10(16)17-9-4-7(11(13,14)15)3-8(12)5-9/h3-6H,1-2H3,(H2,16,17). The van der Waals surface area contributed by atoms with Crippen LogP contribution in [0.4, 0.5) is 18.9 Å². The van der Waals surface area contributed by atoms with E-state index in [2.05, 4.69) is 4.99 Å². The van der Waals surface area contributed by atoms with Gasteiger partial charge in [-0.25, -0.2) is 4.99 Å². The summed E-state index contributed by atoms with van der Waals surface area (Å²) in [5.74, 6) is 0.226. The molecule has 2 nitrogen and oxygen atoms in total. The van der Waals surface area contributed by atoms with Crippen molar-refractivity contribution in [2.45, 2.75) is 20.0 Å². The van der Waals surface area contributed by atoms with Crippen LogP contribution in [0.5, 0.6) is 0 Å². The number of alkyl halides is 3. The number of nitrogens with two attached hydrogens (primary N) is 1. The van der Waals surface area contributed by atoms with Gasteiger partial charge < -0.3 is 5.73 Å². The van der Waals surface area contributed by atoms with Gasteiger partial charge in [0.05, 0.1) is 11.3 Å². The van der Waals surface area contributed by atoms with Gasteiger partial charge in [-0.2, -0.15) is 13.2 Å². The Bertz CT molecular complexity index is 439. The monoisotopic (exact) mass is 264 g/mol. The zero-order valence-electron chi connectivity index (χ0n) is 9.35. The molecule has 0 atom stereocenters. The highest BCUT2D eigenvalue weighted by Crippen LogP contribution is 2.34. The summed E-state index contributed by atoms with van der Waals surface area (Å²) >= 11 is 5.61. The van der Waals surface area contributed by atoms with Crippen molar-refractivity contribution in [3.8, 4) is 0 Å². The Balaban J connectivity index is 3.19. The Labute approximate surface area is 102 Å². The van der Waals surface area contributed by atoms with Crippen molar-refractivity contribution in [1.82, 2.24) is 0 Å². The molecule has 17 heavy (non-hydrogen) atoms. The number of rotatable bonds is 2. The minimum atomic E-state index is -4.44. The molecule has 94 valence electrons. The molecule has 2 N–H and O–H groups in total. The van der Waals surface area contributed by atoms with Gasteiger partial charge >= 0.3 is 6.18 Å². The van der Waals surface area contributed by atoms with Crippen LogP contribution in [0, 0.1) is 5.92 Å². The van der Waals surface area contributed by atoms with Crippen LogP contribution in [0.2, 0.25) is 5.02 Å². The Kier molecular flexibility index (Phi) is 4.03. The van der Waals surface area contributed by atoms with Gasteiger partial charge in [-0.3, -0.25) is 0 Å². The molecule has 0 amide bonds. The number of hydrogen-bond acceptors (Lipinski definition) is 1. The van der Waals surface area contributed by atoms with E-state index in [0.29, 0.717) is 0 Å². The fourth-order valence-corrected chi connectivity index (χ4v) is 1.31. The fourth-order valence-electron chi connectivity index (χ4n) is 1.08. The quantitative estimate of drug-likeness (QED) is 0.636. The van der Waals surface area contributed by atoms with Crippen LogP contribution >= 0.6 is 11.6 Å². The molecule has 6 heteroatoms. The molecule has 1 rings (SSSR count). The van der Waals surface area contributed by atoms with Gasteiger partial charge in [0.15, 0.2) is 0 Å². The predicted molar refractivity (Wildman–Crippen MR) is 62.6 cm³/mol. The zero-order valence-corrected chi connectivity index (χ0v) is 10.1. The molecule has 0 bridgehead atoms. The van der Waals surface area contributed by atoms with Gasteiger partial charge in [0.1, 0.15) is 5.84 Å². The van der Waals surface area contributed by atoms with Crippen molar-refractivity contribution >= 4 is 23.1 Å². The van der Waals surface area contributed by atoms with Gasteiger partial charge in [-0.15, -0.1) is 0 Å². The minimum Gasteiger partial charge on any atom is -0.387 e. The second-order valence-electron chi connectivity index (χ2n) is 3.89. The van der Waals surface area contributed by atoms with Gasteiger partial charge in [0.25, 0.3) is 0 Å². The summed E-state index contributed by atoms with van der Waals surface area (Å²) in [6.07, 6.45) is -4.44. The molecule has 0 aliphatic heterocycles. The molecule has 0 saturated heterocycles. The van der Waals surface area contributed by atoms with Crippen LogP contribution in [-0.2, 0) is 6.18 Å². The lowest BCUT2D eigenvalue weighted by Gasteiger charge is -2.09. The van der Waals surface area contributed by atoms with E-state index in [4.69, 9.17) is 17.3 Å². The van der Waals surface area contributed by atoms with Crippen molar-refractivity contribution in [2.75, 3.05) is 0 Å². The van der Waals surface area contributed by atoms with Crippen LogP contribution in [0.25, 0.3) is 0 Å². The molecule has 0 heterocycles. The Morgan fingerprint density at radius 1 is 1.29 bits per heavy atom. The van der Waals surface area contributed by atoms with Crippen molar-refractivity contribution in [3.63, 3.8) is 0 Å². The molecule has 0 aliphatic rings. The van der Waals surface area contributed by atoms with E-state index < -0.39 is 11.7 Å². The first kappa shape index (κ1) is 13.8. The smallest absolute Gasteiger partial charge is 0.387 e. The van der Waals surface area contributed by atoms with E-state index in [1.165, 1.54) is 6.07 Å². The fraction of sp³-hybridized carbons (Fsp3) is 0.364. The third kappa shape index (κ3) is 3.93. The normalized spacial score (nSPS) is 13.2. The third-order valence-electron chi connectivity index (χ3n) is 2.06. The lowest BCUT2D eigenvalue weighted by Crippen LogP contribution is -2.18. The summed E-state index contributed by atoms with van der Waals surface area (Å²) in [6.45, 7) is 3.60. The number of halogens is 4. The average molecular weight is 265 g/mol. The van der Waals surface area contributed by atoms with Crippen LogP contribution in [-0.4, -0.2) is 5.84 Å². The van der Waals surface area contributed by atoms with Crippen molar-refractivity contribution in [1.29, 1.82) is 0 Å². The highest BCUT2D eigenvalue weighted by atomic mass is 35.5. The highest BCUT2D eigenvalue weighted by molar-refractivity contribution is 6.30. The molecule has 0 aliphatic carbocycles. The van der Waals surface area contributed by atoms with Crippen molar-refractivity contribution in [3.05, 3.63) is 28.8 Å². The summed E-state index contributed by atoms with van der Waals surface area (Å²) in [7, 11) is 0. The highest BCUT2D eigenvalue weighted by Gasteiger charge is 2.31. The Morgan fingerprint density at radius 2 is 1.88 bits per heavy atom. The summed E-state index contributed by atoms with van der Waals surface area (Å²) < 4.78 is 37.5. The van der Waals surface area contributed by atoms with E-state index >= 15 is 0 Å². The van der Waals surface area contributed by atoms with Gasteiger partial charge in [0.2, 0.25) is 0 Å². The molecule has 0 fully saturated rings. The van der Waals surface area contributed by atoms with Crippen LogP contribution in [0.15, 0.2) is 23.2 Å². The van der Waals surface area contributed by atoms with Gasteiger partial charge in [-0.05, 0) is 18.2 Å². The molecule has 1 aromatic carbocycles. The molecule has 0 aromatic heterocycles. The average Bonchev–Trinajstić information content (AvgIpc) is 2.15. The second-order valence-corrected chi connectivity index (χ2v) is 4.32. The second kappa shape index (κ2) is 4.96. The summed E-state index contributed by atoms with van der Waals surface area (Å²) in [4.78, 5) is 3.90. The third-order valence-corrected chi connectivity index (χ3v) is 2.28. The molecule has 0 saturated carbocycles. The van der Waals surface area contributed by atoms with Crippen molar-refractivity contribution in [2.24, 2.45) is 16.6 Å². The summed E-state index contributed by atoms with van der Waals surface area (Å²) in [5, 5.41) is -0.0184. The van der Waals surface area contributed by atoms with Crippen molar-refractivity contribution < 1.29 is 13.2 Å². The van der Waals surface area contributed by atoms with Crippen LogP contribution in [0.1, 0.15) is 19.4 Å². The maximum Gasteiger partial charge on any atom is 0.416 e. The lowest BCUT2D eigenvalue weighted by molar-refractivity contribution is -0.137. The first-order chi connectivity index (χ1) is 7.70. The topological polar surface area (TPSA) is 38.4 Å². The van der Waals surface area contributed by atoms with E-state index in [1.807, 2.05) is 0 Å². The van der Waals surface area contributed by atoms with E-state index in [0.717, 1.165) is 12.1 Å². The molecule has 0 radical (unpaired) electrons. The molecular weight excluding hydrogens is 253 g/mol. The summed E-state index contributed by atoms with van der Waals surface area (Å²) in [6, 6.07) is 3.11. The first-order valence-corrected chi connectivity index (χ1v) is 5.30. The molecule has 1 aromatic rings. The number of nitrogens with zero attached hydrogens (tertiary/aromatic N) is 1. The molecule has 0 unspecified atom stereocenters. The number of amidine groups is 1. The predicted octanol–water partition coefficient (Wildman–Crippen LogP) is 4.00. The SMILES string of the molecule is CC(C)C(N)=Nc1cc(Cl)cc(C(F)(F)F)c1. The van der Waals surface area contributed by atoms with Gasteiger partial charge in [-0.1, -0.05) is 25.4 Å². The van der Waals surface area contributed by atoms with Crippen LogP contribution < -0.4 is 5.73 Å². The maximum absolute atomic E-state index is 12.5. The largest absolute Gasteiger partial charge is 0.416 e. The molecular formula is C11H12ClF3N2. The number of aliphatic imine (C=N–C) groups is 1. The maximum atomic E-state index is 12.5. The Hall–Kier alpha value is -1.23. The van der Waals surface area contributed by atoms with E-state index in [1.54, 1.807) is 13.8 Å². The molecule has 0 spiro atoms. The van der Waals surface area contributed by atoms with Crippen LogP contribution in [0.3, 0.4) is 0 Å². The zero-order chi connectivity index (χ0) is 13.2. The first-order valence-electron chi connectivity index (χ1n) is 4.92. The van der Waals surface area contributed by atoms with Gasteiger partial charge in [0, 0.05) is 10.9 Å². The Morgan fingerprint density at radius 3 is 2.35 bits per heavy atom. The minimum absolute atomic E-state index is 0.0184. The number of hydrogen-bond donors (Lipinski definition) is 1. The van der Waals surface area contributed by atoms with E-state index in [9.17, 15) is 13.2 Å². The number of benzene rings is 1. The van der Waals surface area contributed by atoms with E-state index in [-0.39, 0.29) is 22.5 Å². The summed E-state index contributed by atoms with van der Waals surface area (Å²) in [5.41, 5.74) is 4.86. The lowest BCUT2D eigenvalue weighted by atomic mass is 10.2.